The van der Waals surface area contributed by atoms with Gasteiger partial charge in [0.1, 0.15) is 0 Å². The zero-order chi connectivity index (χ0) is 47.2. The second kappa shape index (κ2) is 12.6. The minimum Gasteiger partial charge on any atom is -0.310 e. The SMILES string of the molecule is CC1(C)CCC(C)(C)c2c1cc1c3c2c2c4c(cc5c2n3-c2c(ccc3c2B1c1cccc2c(-c6ccccc6)c(-c6ccccc6)n-3c12)[Si]51c2ccccc2-c2ccccc21)C(C)(C)CCC4(C)C. The maximum Gasteiger partial charge on any atom is 0.252 e. The van der Waals surface area contributed by atoms with Gasteiger partial charge in [-0.05, 0) is 135 Å². The van der Waals surface area contributed by atoms with Gasteiger partial charge < -0.3 is 9.13 Å². The van der Waals surface area contributed by atoms with Crippen LogP contribution in [-0.4, -0.2) is 23.9 Å². The van der Waals surface area contributed by atoms with Crippen molar-refractivity contribution in [1.82, 2.24) is 9.13 Å². The Hall–Kier alpha value is -6.62. The monoisotopic (exact) mass is 916 g/mol. The van der Waals surface area contributed by atoms with Gasteiger partial charge in [-0.25, -0.2) is 0 Å². The van der Waals surface area contributed by atoms with Gasteiger partial charge in [0.05, 0.1) is 11.2 Å². The molecule has 4 aliphatic heterocycles. The number of nitrogens with zero attached hydrogens (tertiary/aromatic N) is 2. The molecule has 8 aromatic carbocycles. The Bertz CT molecular complexity index is 4020. The van der Waals surface area contributed by atoms with Crippen molar-refractivity contribution in [2.75, 3.05) is 0 Å². The predicted octanol–water partition coefficient (Wildman–Crippen LogP) is 11.6. The second-order valence-electron chi connectivity index (χ2n) is 24.8. The molecule has 10 aromatic rings. The molecule has 0 unspecified atom stereocenters. The lowest BCUT2D eigenvalue weighted by Crippen LogP contribution is -2.77. The van der Waals surface area contributed by atoms with Crippen molar-refractivity contribution in [3.8, 4) is 44.9 Å². The minimum absolute atomic E-state index is 0.00313. The Morgan fingerprint density at radius 1 is 0.443 bits per heavy atom. The Kier molecular flexibility index (Phi) is 7.25. The first-order valence-electron chi connectivity index (χ1n) is 26.2. The van der Waals surface area contributed by atoms with Crippen LogP contribution in [-0.2, 0) is 21.7 Å². The summed E-state index contributed by atoms with van der Waals surface area (Å²) in [4.78, 5) is 0. The highest BCUT2D eigenvalue weighted by molar-refractivity contribution is 7.24. The van der Waals surface area contributed by atoms with E-state index in [2.05, 4.69) is 216 Å². The molecule has 16 rings (SSSR count). The van der Waals surface area contributed by atoms with Crippen molar-refractivity contribution in [2.45, 2.75) is 103 Å². The molecule has 0 radical (unpaired) electrons. The van der Waals surface area contributed by atoms with Crippen LogP contribution < -0.4 is 37.1 Å². The van der Waals surface area contributed by atoms with E-state index in [-0.39, 0.29) is 28.4 Å². The Morgan fingerprint density at radius 3 is 1.64 bits per heavy atom. The van der Waals surface area contributed by atoms with E-state index in [0.717, 1.165) is 0 Å². The smallest absolute Gasteiger partial charge is 0.252 e. The van der Waals surface area contributed by atoms with Crippen molar-refractivity contribution >= 4 is 84.6 Å². The molecule has 0 N–H and O–H groups in total. The van der Waals surface area contributed by atoms with Crippen LogP contribution in [0.5, 0.6) is 0 Å². The number of para-hydroxylation sites is 1. The number of fused-ring (bicyclic) bond motifs is 15. The van der Waals surface area contributed by atoms with Crippen LogP contribution in [0.2, 0.25) is 0 Å². The van der Waals surface area contributed by atoms with E-state index in [0.29, 0.717) is 0 Å². The standard InChI is InChI=1S/C66H57BN2Si/c1-63(2)32-34-65(5,6)55-43(63)36-46-60-53(55)54-56-44(64(3,4)33-35-66(56,7)8)37-51-61(54)69(60)62-50(70(51)48-28-17-15-24-40(48)41-25-16-18-29-49(41)70)31-30-47-57(62)67(46)45-27-19-26-42-52(38-20-11-9-12-21-38)58(68(47)59(42)45)39-22-13-10-14-23-39/h9-31,36-37H,32-35H2,1-8H3. The van der Waals surface area contributed by atoms with Crippen LogP contribution in [0.15, 0.2) is 152 Å². The predicted molar refractivity (Wildman–Crippen MR) is 300 cm³/mol. The molecule has 70 heavy (non-hydrogen) atoms. The van der Waals surface area contributed by atoms with Crippen LogP contribution in [0, 0.1) is 0 Å². The fourth-order valence-corrected chi connectivity index (χ4v) is 21.6. The number of aromatic nitrogens is 2. The Morgan fingerprint density at radius 2 is 1.00 bits per heavy atom. The maximum absolute atomic E-state index is 3.02. The lowest BCUT2D eigenvalue weighted by atomic mass is 9.33. The van der Waals surface area contributed by atoms with E-state index >= 15 is 0 Å². The average molecular weight is 917 g/mol. The molecule has 2 aliphatic carbocycles. The van der Waals surface area contributed by atoms with Gasteiger partial charge in [0.2, 0.25) is 0 Å². The summed E-state index contributed by atoms with van der Waals surface area (Å²) in [5.41, 5.74) is 26.0. The molecule has 2 aromatic heterocycles. The van der Waals surface area contributed by atoms with Gasteiger partial charge in [-0.15, -0.1) is 0 Å². The number of rotatable bonds is 2. The fraction of sp³-hybridized carbons (Fsp3) is 0.242. The average Bonchev–Trinajstić information content (AvgIpc) is 4.02. The second-order valence-corrected chi connectivity index (χ2v) is 28.4. The Labute approximate surface area is 413 Å². The van der Waals surface area contributed by atoms with E-state index in [1.807, 2.05) is 0 Å². The summed E-state index contributed by atoms with van der Waals surface area (Å²) in [6.07, 6.45) is 4.72. The molecule has 338 valence electrons. The van der Waals surface area contributed by atoms with E-state index in [1.165, 1.54) is 109 Å². The fourth-order valence-electron chi connectivity index (χ4n) is 16.1. The van der Waals surface area contributed by atoms with Gasteiger partial charge in [0.25, 0.3) is 6.71 Å². The summed E-state index contributed by atoms with van der Waals surface area (Å²) >= 11 is 0. The molecule has 6 aliphatic rings. The first-order valence-corrected chi connectivity index (χ1v) is 28.2. The van der Waals surface area contributed by atoms with Crippen LogP contribution in [0.4, 0.5) is 0 Å². The van der Waals surface area contributed by atoms with Crippen molar-refractivity contribution in [2.24, 2.45) is 0 Å². The van der Waals surface area contributed by atoms with E-state index in [4.69, 9.17) is 0 Å². The third-order valence-corrected chi connectivity index (χ3v) is 24.2. The van der Waals surface area contributed by atoms with Gasteiger partial charge in [0, 0.05) is 44.1 Å². The van der Waals surface area contributed by atoms with Crippen molar-refractivity contribution in [3.63, 3.8) is 0 Å². The van der Waals surface area contributed by atoms with E-state index in [1.54, 1.807) is 53.8 Å². The number of hydrogen-bond donors (Lipinski definition) is 0. The summed E-state index contributed by atoms with van der Waals surface area (Å²) < 4.78 is 5.66. The normalized spacial score (nSPS) is 18.9. The molecule has 0 fully saturated rings. The highest BCUT2D eigenvalue weighted by Crippen LogP contribution is 2.57. The Balaban J connectivity index is 1.21. The van der Waals surface area contributed by atoms with E-state index in [9.17, 15) is 0 Å². The van der Waals surface area contributed by atoms with Gasteiger partial charge in [-0.2, -0.15) is 0 Å². The number of benzene rings is 8. The minimum atomic E-state index is -3.02. The molecule has 0 saturated heterocycles. The van der Waals surface area contributed by atoms with Crippen molar-refractivity contribution in [1.29, 1.82) is 0 Å². The summed E-state index contributed by atoms with van der Waals surface area (Å²) in [6, 6.07) is 60.0. The van der Waals surface area contributed by atoms with Gasteiger partial charge in [0.15, 0.2) is 8.07 Å². The summed E-state index contributed by atoms with van der Waals surface area (Å²) in [5.74, 6) is 0. The largest absolute Gasteiger partial charge is 0.310 e. The first-order chi connectivity index (χ1) is 33.8. The molecular formula is C66H57BN2Si. The molecule has 2 nitrogen and oxygen atoms in total. The van der Waals surface area contributed by atoms with Gasteiger partial charge in [-0.3, -0.25) is 0 Å². The highest BCUT2D eigenvalue weighted by atomic mass is 28.3. The van der Waals surface area contributed by atoms with Crippen LogP contribution in [0.3, 0.4) is 0 Å². The molecule has 1 spiro atoms. The molecule has 0 amide bonds. The summed E-state index contributed by atoms with van der Waals surface area (Å²) in [6.45, 7) is 20.7. The summed E-state index contributed by atoms with van der Waals surface area (Å²) in [7, 11) is -3.02. The zero-order valence-corrected chi connectivity index (χ0v) is 42.7. The molecule has 0 saturated carbocycles. The van der Waals surface area contributed by atoms with Gasteiger partial charge in [-0.1, -0.05) is 201 Å². The topological polar surface area (TPSA) is 9.86 Å². The number of hydrogen-bond acceptors (Lipinski definition) is 0. The van der Waals surface area contributed by atoms with E-state index < -0.39 is 8.07 Å². The quantitative estimate of drug-likeness (QED) is 0.153. The van der Waals surface area contributed by atoms with Crippen LogP contribution in [0.1, 0.15) is 103 Å². The molecule has 0 bridgehead atoms. The summed E-state index contributed by atoms with van der Waals surface area (Å²) in [5, 5.41) is 10.8. The molecule has 4 heteroatoms. The molecule has 6 heterocycles. The molecular weight excluding hydrogens is 860 g/mol. The van der Waals surface area contributed by atoms with Crippen LogP contribution >= 0.6 is 0 Å². The van der Waals surface area contributed by atoms with Gasteiger partial charge >= 0.3 is 0 Å². The lowest BCUT2D eigenvalue weighted by Gasteiger charge is -2.46. The lowest BCUT2D eigenvalue weighted by molar-refractivity contribution is 0.333. The zero-order valence-electron chi connectivity index (χ0n) is 41.7. The third-order valence-electron chi connectivity index (χ3n) is 19.3. The highest BCUT2D eigenvalue weighted by Gasteiger charge is 2.58. The molecule has 0 atom stereocenters. The van der Waals surface area contributed by atoms with Crippen LogP contribution in [0.25, 0.3) is 77.6 Å². The van der Waals surface area contributed by atoms with Crippen molar-refractivity contribution < 1.29 is 0 Å². The first kappa shape index (κ1) is 40.1. The third kappa shape index (κ3) is 4.45. The van der Waals surface area contributed by atoms with Crippen molar-refractivity contribution in [3.05, 3.63) is 174 Å². The maximum atomic E-state index is 2.94.